The second-order valence-corrected chi connectivity index (χ2v) is 9.57. The first-order valence-corrected chi connectivity index (χ1v) is 12.9. The summed E-state index contributed by atoms with van der Waals surface area (Å²) in [6, 6.07) is 19.5. The average Bonchev–Trinajstić information content (AvgIpc) is 3.33. The maximum atomic E-state index is 3.85. The first kappa shape index (κ1) is 22.6. The number of hydrogen-bond donors (Lipinski definition) is 1. The van der Waals surface area contributed by atoms with E-state index in [2.05, 4.69) is 102 Å². The summed E-state index contributed by atoms with van der Waals surface area (Å²) in [4.78, 5) is 0. The van der Waals surface area contributed by atoms with Crippen molar-refractivity contribution in [3.8, 4) is 11.1 Å². The number of fused-ring (bicyclic) bond motifs is 1. The van der Waals surface area contributed by atoms with Gasteiger partial charge in [-0.3, -0.25) is 0 Å². The summed E-state index contributed by atoms with van der Waals surface area (Å²) in [5, 5.41) is 6.53. The molecule has 0 saturated carbocycles. The van der Waals surface area contributed by atoms with E-state index >= 15 is 0 Å². The Labute approximate surface area is 196 Å². The van der Waals surface area contributed by atoms with Crippen molar-refractivity contribution in [2.75, 3.05) is 17.6 Å². The molecule has 4 heteroatoms. The predicted molar refractivity (Wildman–Crippen MR) is 141 cm³/mol. The van der Waals surface area contributed by atoms with Gasteiger partial charge in [-0.25, -0.2) is 0 Å². The van der Waals surface area contributed by atoms with Gasteiger partial charge in [-0.1, -0.05) is 75.2 Å². The van der Waals surface area contributed by atoms with Crippen molar-refractivity contribution < 1.29 is 0 Å². The monoisotopic (exact) mass is 445 g/mol. The van der Waals surface area contributed by atoms with Crippen molar-refractivity contribution in [3.63, 3.8) is 0 Å². The number of hydrogen-bond acceptors (Lipinski definition) is 2. The molecule has 0 aliphatic heterocycles. The third-order valence-electron chi connectivity index (χ3n) is 5.94. The molecule has 2 heterocycles. The van der Waals surface area contributed by atoms with Gasteiger partial charge in [0, 0.05) is 54.6 Å². The van der Waals surface area contributed by atoms with Gasteiger partial charge in [0.2, 0.25) is 0 Å². The summed E-state index contributed by atoms with van der Waals surface area (Å²) in [5.41, 5.74) is 6.53. The minimum atomic E-state index is 0.890. The molecule has 2 aromatic carbocycles. The number of unbranched alkanes of at least 4 members (excludes halogenated alkanes) is 2. The van der Waals surface area contributed by atoms with E-state index in [-0.39, 0.29) is 0 Å². The van der Waals surface area contributed by atoms with E-state index in [9.17, 15) is 0 Å². The lowest BCUT2D eigenvalue weighted by molar-refractivity contribution is 0.726. The number of anilines is 1. The third-order valence-corrected chi connectivity index (χ3v) is 7.26. The molecule has 0 radical (unpaired) electrons. The zero-order chi connectivity index (χ0) is 22.3. The quantitative estimate of drug-likeness (QED) is 0.188. The molecule has 1 N–H and O–H groups in total. The van der Waals surface area contributed by atoms with Crippen molar-refractivity contribution in [1.29, 1.82) is 0 Å². The fraction of sp³-hybridized carbons (Fsp3) is 0.357. The number of nitrogens with zero attached hydrogens (tertiary/aromatic N) is 2. The van der Waals surface area contributed by atoms with Crippen molar-refractivity contribution in [2.45, 2.75) is 51.1 Å². The summed E-state index contributed by atoms with van der Waals surface area (Å²) in [6.07, 6.45) is 9.53. The van der Waals surface area contributed by atoms with E-state index in [4.69, 9.17) is 0 Å². The highest BCUT2D eigenvalue weighted by atomic mass is 32.2. The van der Waals surface area contributed by atoms with E-state index in [1.54, 1.807) is 0 Å². The standard InChI is InChI=1S/C28H35N3S/c1-4-6-12-17-29-27-25(24-20-30(3)26-16-11-10-15-23(24)26)21-31(28(27)32-18-5-2)19-22-13-8-7-9-14-22/h7-11,13-16,20-21,29H,4-6,12,17-19H2,1-3H3. The van der Waals surface area contributed by atoms with Crippen LogP contribution >= 0.6 is 11.8 Å². The van der Waals surface area contributed by atoms with E-state index in [0.717, 1.165) is 18.8 Å². The summed E-state index contributed by atoms with van der Waals surface area (Å²) in [6.45, 7) is 6.43. The van der Waals surface area contributed by atoms with E-state index in [1.807, 2.05) is 11.8 Å². The molecular weight excluding hydrogens is 410 g/mol. The molecule has 0 saturated heterocycles. The Kier molecular flexibility index (Phi) is 7.64. The Bertz CT molecular complexity index is 1140. The van der Waals surface area contributed by atoms with Crippen molar-refractivity contribution in [1.82, 2.24) is 9.13 Å². The lowest BCUT2D eigenvalue weighted by Crippen LogP contribution is -2.05. The van der Waals surface area contributed by atoms with Gasteiger partial charge in [-0.15, -0.1) is 11.8 Å². The van der Waals surface area contributed by atoms with Crippen molar-refractivity contribution in [2.24, 2.45) is 7.05 Å². The van der Waals surface area contributed by atoms with Crippen LogP contribution in [0.1, 0.15) is 45.1 Å². The van der Waals surface area contributed by atoms with Gasteiger partial charge in [-0.05, 0) is 30.2 Å². The van der Waals surface area contributed by atoms with Crippen molar-refractivity contribution >= 4 is 28.4 Å². The number of aryl methyl sites for hydroxylation is 1. The van der Waals surface area contributed by atoms with Gasteiger partial charge in [0.15, 0.2) is 0 Å². The Morgan fingerprint density at radius 3 is 2.41 bits per heavy atom. The lowest BCUT2D eigenvalue weighted by Gasteiger charge is -2.13. The fourth-order valence-electron chi connectivity index (χ4n) is 4.31. The molecule has 0 atom stereocenters. The molecule has 0 spiro atoms. The number of benzene rings is 2. The highest BCUT2D eigenvalue weighted by Gasteiger charge is 2.20. The van der Waals surface area contributed by atoms with Gasteiger partial charge in [0.05, 0.1) is 10.7 Å². The number of para-hydroxylation sites is 1. The van der Waals surface area contributed by atoms with Crippen LogP contribution in [0, 0.1) is 0 Å². The summed E-state index contributed by atoms with van der Waals surface area (Å²) < 4.78 is 4.70. The van der Waals surface area contributed by atoms with Crippen LogP contribution in [0.25, 0.3) is 22.0 Å². The van der Waals surface area contributed by atoms with Crippen LogP contribution < -0.4 is 5.32 Å². The van der Waals surface area contributed by atoms with Gasteiger partial charge >= 0.3 is 0 Å². The Morgan fingerprint density at radius 1 is 0.844 bits per heavy atom. The first-order valence-electron chi connectivity index (χ1n) is 11.9. The molecule has 32 heavy (non-hydrogen) atoms. The molecule has 0 unspecified atom stereocenters. The average molecular weight is 446 g/mol. The highest BCUT2D eigenvalue weighted by Crippen LogP contribution is 2.42. The van der Waals surface area contributed by atoms with Gasteiger partial charge in [0.1, 0.15) is 0 Å². The molecule has 0 aliphatic carbocycles. The second kappa shape index (κ2) is 10.8. The summed E-state index contributed by atoms with van der Waals surface area (Å²) in [7, 11) is 2.15. The molecule has 4 rings (SSSR count). The van der Waals surface area contributed by atoms with E-state index in [1.165, 1.54) is 64.0 Å². The molecule has 3 nitrogen and oxygen atoms in total. The zero-order valence-corrected chi connectivity index (χ0v) is 20.4. The van der Waals surface area contributed by atoms with Crippen LogP contribution in [0.2, 0.25) is 0 Å². The zero-order valence-electron chi connectivity index (χ0n) is 19.6. The van der Waals surface area contributed by atoms with Crippen LogP contribution in [0.15, 0.2) is 72.0 Å². The predicted octanol–water partition coefficient (Wildman–Crippen LogP) is 7.80. The van der Waals surface area contributed by atoms with Crippen LogP contribution in [0.5, 0.6) is 0 Å². The molecule has 168 valence electrons. The number of aromatic nitrogens is 2. The number of nitrogens with one attached hydrogen (secondary N) is 1. The van der Waals surface area contributed by atoms with Crippen LogP contribution in [0.3, 0.4) is 0 Å². The maximum absolute atomic E-state index is 3.85. The molecule has 0 fully saturated rings. The number of rotatable bonds is 11. The lowest BCUT2D eigenvalue weighted by atomic mass is 10.1. The molecule has 0 aliphatic rings. The topological polar surface area (TPSA) is 21.9 Å². The van der Waals surface area contributed by atoms with E-state index in [0.29, 0.717) is 0 Å². The van der Waals surface area contributed by atoms with Gasteiger partial charge in [0.25, 0.3) is 0 Å². The molecule has 0 bridgehead atoms. The number of thioether (sulfide) groups is 1. The molecule has 4 aromatic rings. The normalized spacial score (nSPS) is 11.3. The first-order chi connectivity index (χ1) is 15.7. The highest BCUT2D eigenvalue weighted by molar-refractivity contribution is 7.99. The summed E-state index contributed by atoms with van der Waals surface area (Å²) in [5.74, 6) is 1.12. The molecular formula is C28H35N3S. The molecule has 0 amide bonds. The Morgan fingerprint density at radius 2 is 1.62 bits per heavy atom. The van der Waals surface area contributed by atoms with Crippen molar-refractivity contribution in [3.05, 3.63) is 72.6 Å². The third kappa shape index (κ3) is 4.91. The maximum Gasteiger partial charge on any atom is 0.0994 e. The molecule has 2 aromatic heterocycles. The SMILES string of the molecule is CCCCCNc1c(-c2cn(C)c3ccccc23)cn(Cc2ccccc2)c1SCCC. The fourth-order valence-corrected chi connectivity index (χ4v) is 5.32. The minimum absolute atomic E-state index is 0.890. The van der Waals surface area contributed by atoms with Crippen LogP contribution in [0.4, 0.5) is 5.69 Å². The Hall–Kier alpha value is -2.59. The van der Waals surface area contributed by atoms with Gasteiger partial charge < -0.3 is 14.5 Å². The van der Waals surface area contributed by atoms with Crippen LogP contribution in [-0.4, -0.2) is 21.4 Å². The van der Waals surface area contributed by atoms with E-state index < -0.39 is 0 Å². The Balaban J connectivity index is 1.82. The van der Waals surface area contributed by atoms with Crippen LogP contribution in [-0.2, 0) is 13.6 Å². The summed E-state index contributed by atoms with van der Waals surface area (Å²) >= 11 is 1.98. The largest absolute Gasteiger partial charge is 0.382 e. The van der Waals surface area contributed by atoms with Gasteiger partial charge in [-0.2, -0.15) is 0 Å². The second-order valence-electron chi connectivity index (χ2n) is 8.49. The smallest absolute Gasteiger partial charge is 0.0994 e. The minimum Gasteiger partial charge on any atom is -0.382 e.